The third-order valence-electron chi connectivity index (χ3n) is 3.62. The molecule has 0 atom stereocenters. The quantitative estimate of drug-likeness (QED) is 0.830. The molecule has 0 saturated carbocycles. The summed E-state index contributed by atoms with van der Waals surface area (Å²) < 4.78 is 26.3. The van der Waals surface area contributed by atoms with Crippen LogP contribution in [0.1, 0.15) is 0 Å². The molecule has 1 N–H and O–H groups in total. The molecule has 0 radical (unpaired) electrons. The van der Waals surface area contributed by atoms with Gasteiger partial charge in [-0.3, -0.25) is 4.90 Å². The molecule has 0 amide bonds. The second-order valence-electron chi connectivity index (χ2n) is 4.80. The van der Waals surface area contributed by atoms with Crippen molar-refractivity contribution in [1.29, 1.82) is 0 Å². The van der Waals surface area contributed by atoms with E-state index in [0.717, 1.165) is 51.5 Å². The maximum atomic E-state index is 13.5. The van der Waals surface area contributed by atoms with Crippen LogP contribution in [-0.4, -0.2) is 55.2 Å². The van der Waals surface area contributed by atoms with E-state index >= 15 is 0 Å². The zero-order valence-electron chi connectivity index (χ0n) is 10.1. The first-order valence-corrected chi connectivity index (χ1v) is 6.25. The predicted molar refractivity (Wildman–Crippen MR) is 64.6 cm³/mol. The number of pyridine rings is 1. The maximum Gasteiger partial charge on any atom is 0.168 e. The van der Waals surface area contributed by atoms with E-state index in [1.807, 2.05) is 4.90 Å². The highest BCUT2D eigenvalue weighted by molar-refractivity contribution is 5.43. The fourth-order valence-corrected chi connectivity index (χ4v) is 2.55. The molecule has 18 heavy (non-hydrogen) atoms. The highest BCUT2D eigenvalue weighted by Crippen LogP contribution is 2.24. The lowest BCUT2D eigenvalue weighted by atomic mass is 10.1. The van der Waals surface area contributed by atoms with Crippen molar-refractivity contribution in [2.75, 3.05) is 44.2 Å². The third kappa shape index (κ3) is 2.18. The molecule has 6 heteroatoms. The van der Waals surface area contributed by atoms with Crippen molar-refractivity contribution >= 4 is 5.82 Å². The van der Waals surface area contributed by atoms with Gasteiger partial charge in [-0.1, -0.05) is 0 Å². The molecule has 0 bridgehead atoms. The molecule has 1 aromatic rings. The Morgan fingerprint density at radius 2 is 1.94 bits per heavy atom. The molecular formula is C12H16F2N4. The fourth-order valence-electron chi connectivity index (χ4n) is 2.55. The van der Waals surface area contributed by atoms with Crippen molar-refractivity contribution in [2.45, 2.75) is 6.04 Å². The van der Waals surface area contributed by atoms with Crippen LogP contribution in [0.15, 0.2) is 12.3 Å². The third-order valence-corrected chi connectivity index (χ3v) is 3.62. The Bertz CT molecular complexity index is 428. The fraction of sp³-hybridized carbons (Fsp3) is 0.583. The average molecular weight is 254 g/mol. The van der Waals surface area contributed by atoms with E-state index in [4.69, 9.17) is 0 Å². The predicted octanol–water partition coefficient (Wildman–Crippen LogP) is 0.454. The number of hydrogen-bond donors (Lipinski definition) is 1. The van der Waals surface area contributed by atoms with Gasteiger partial charge in [0.15, 0.2) is 11.6 Å². The highest BCUT2D eigenvalue weighted by Gasteiger charge is 2.34. The number of aromatic nitrogens is 1. The summed E-state index contributed by atoms with van der Waals surface area (Å²) in [6.45, 7) is 5.65. The summed E-state index contributed by atoms with van der Waals surface area (Å²) in [5.41, 5.74) is 0. The molecule has 3 heterocycles. The van der Waals surface area contributed by atoms with Crippen LogP contribution >= 0.6 is 0 Å². The molecule has 1 aromatic heterocycles. The van der Waals surface area contributed by atoms with Gasteiger partial charge in [-0.25, -0.2) is 13.8 Å². The summed E-state index contributed by atoms with van der Waals surface area (Å²) in [5, 5.41) is 3.31. The van der Waals surface area contributed by atoms with Gasteiger partial charge in [-0.05, 0) is 0 Å². The summed E-state index contributed by atoms with van der Waals surface area (Å²) in [6, 6.07) is 1.36. The zero-order chi connectivity index (χ0) is 12.5. The normalized spacial score (nSPS) is 22.0. The Balaban J connectivity index is 1.61. The summed E-state index contributed by atoms with van der Waals surface area (Å²) in [6.07, 6.45) is 1.07. The summed E-state index contributed by atoms with van der Waals surface area (Å²) in [5.74, 6) is -0.938. The van der Waals surface area contributed by atoms with Crippen molar-refractivity contribution in [3.8, 4) is 0 Å². The van der Waals surface area contributed by atoms with Crippen LogP contribution in [0.4, 0.5) is 14.6 Å². The molecule has 2 aliphatic heterocycles. The van der Waals surface area contributed by atoms with Crippen LogP contribution in [0.2, 0.25) is 0 Å². The number of rotatable bonds is 2. The first-order chi connectivity index (χ1) is 8.74. The lowest BCUT2D eigenvalue weighted by molar-refractivity contribution is 0.146. The van der Waals surface area contributed by atoms with E-state index in [2.05, 4.69) is 15.2 Å². The van der Waals surface area contributed by atoms with E-state index in [9.17, 15) is 8.78 Å². The van der Waals surface area contributed by atoms with E-state index in [0.29, 0.717) is 6.04 Å². The molecule has 0 aliphatic carbocycles. The largest absolute Gasteiger partial charge is 0.351 e. The molecule has 2 saturated heterocycles. The second kappa shape index (κ2) is 4.78. The molecule has 2 aliphatic rings. The van der Waals surface area contributed by atoms with E-state index in [-0.39, 0.29) is 5.82 Å². The number of hydrogen-bond acceptors (Lipinski definition) is 4. The van der Waals surface area contributed by atoms with Gasteiger partial charge in [0.2, 0.25) is 0 Å². The smallest absolute Gasteiger partial charge is 0.168 e. The van der Waals surface area contributed by atoms with Crippen LogP contribution in [0, 0.1) is 11.6 Å². The van der Waals surface area contributed by atoms with Crippen molar-refractivity contribution in [1.82, 2.24) is 15.2 Å². The lowest BCUT2D eigenvalue weighted by Gasteiger charge is -2.47. The molecule has 0 unspecified atom stereocenters. The molecule has 0 aromatic carbocycles. The lowest BCUT2D eigenvalue weighted by Crippen LogP contribution is -2.63. The number of nitrogens with one attached hydrogen (secondary N) is 1. The van der Waals surface area contributed by atoms with Gasteiger partial charge in [-0.15, -0.1) is 0 Å². The standard InChI is InChI=1S/C12H16F2N4/c13-9-5-11(14)12(16-6-9)18-7-10(8-18)17-3-1-15-2-4-17/h5-6,10,15H,1-4,7-8H2. The van der Waals surface area contributed by atoms with Gasteiger partial charge in [-0.2, -0.15) is 0 Å². The number of halogens is 2. The van der Waals surface area contributed by atoms with Gasteiger partial charge in [0.1, 0.15) is 5.82 Å². The molecular weight excluding hydrogens is 238 g/mol. The minimum atomic E-state index is -0.629. The van der Waals surface area contributed by atoms with Crippen molar-refractivity contribution in [2.24, 2.45) is 0 Å². The summed E-state index contributed by atoms with van der Waals surface area (Å²) in [4.78, 5) is 8.10. The zero-order valence-corrected chi connectivity index (χ0v) is 10.1. The van der Waals surface area contributed by atoms with E-state index in [1.54, 1.807) is 0 Å². The Labute approximate surface area is 105 Å². The molecule has 2 fully saturated rings. The number of anilines is 1. The Hall–Kier alpha value is -1.27. The van der Waals surface area contributed by atoms with Gasteiger partial charge >= 0.3 is 0 Å². The van der Waals surface area contributed by atoms with E-state index in [1.165, 1.54) is 0 Å². The summed E-state index contributed by atoms with van der Waals surface area (Å²) >= 11 is 0. The van der Waals surface area contributed by atoms with Gasteiger partial charge in [0, 0.05) is 51.4 Å². The monoisotopic (exact) mass is 254 g/mol. The minimum absolute atomic E-state index is 0.266. The van der Waals surface area contributed by atoms with Crippen LogP contribution in [0.3, 0.4) is 0 Å². The second-order valence-corrected chi connectivity index (χ2v) is 4.80. The van der Waals surface area contributed by atoms with Crippen molar-refractivity contribution in [3.05, 3.63) is 23.9 Å². The molecule has 0 spiro atoms. The van der Waals surface area contributed by atoms with Gasteiger partial charge < -0.3 is 10.2 Å². The molecule has 98 valence electrons. The topological polar surface area (TPSA) is 31.4 Å². The highest BCUT2D eigenvalue weighted by atomic mass is 19.1. The summed E-state index contributed by atoms with van der Waals surface area (Å²) in [7, 11) is 0. The first kappa shape index (κ1) is 11.8. The van der Waals surface area contributed by atoms with Crippen LogP contribution in [0.5, 0.6) is 0 Å². The van der Waals surface area contributed by atoms with Crippen LogP contribution in [0.25, 0.3) is 0 Å². The van der Waals surface area contributed by atoms with Crippen LogP contribution < -0.4 is 10.2 Å². The SMILES string of the molecule is Fc1cnc(N2CC(N3CCNCC3)C2)c(F)c1. The molecule has 4 nitrogen and oxygen atoms in total. The minimum Gasteiger partial charge on any atom is -0.351 e. The van der Waals surface area contributed by atoms with Crippen LogP contribution in [-0.2, 0) is 0 Å². The number of piperazine rings is 1. The average Bonchev–Trinajstić information content (AvgIpc) is 2.31. The Kier molecular flexibility index (Phi) is 3.13. The molecule has 3 rings (SSSR count). The van der Waals surface area contributed by atoms with Gasteiger partial charge in [0.05, 0.1) is 6.20 Å². The number of nitrogens with zero attached hydrogens (tertiary/aromatic N) is 3. The van der Waals surface area contributed by atoms with Crippen molar-refractivity contribution in [3.63, 3.8) is 0 Å². The maximum absolute atomic E-state index is 13.5. The Morgan fingerprint density at radius 3 is 2.61 bits per heavy atom. The van der Waals surface area contributed by atoms with E-state index < -0.39 is 11.6 Å². The Morgan fingerprint density at radius 1 is 1.22 bits per heavy atom. The van der Waals surface area contributed by atoms with Crippen molar-refractivity contribution < 1.29 is 8.78 Å². The van der Waals surface area contributed by atoms with Gasteiger partial charge in [0.25, 0.3) is 0 Å². The first-order valence-electron chi connectivity index (χ1n) is 6.25.